The van der Waals surface area contributed by atoms with Crippen molar-refractivity contribution >= 4 is 39.9 Å². The summed E-state index contributed by atoms with van der Waals surface area (Å²) in [5.41, 5.74) is 1.96. The van der Waals surface area contributed by atoms with Gasteiger partial charge in [0.25, 0.3) is 11.1 Å². The smallest absolute Gasteiger partial charge is 0.293 e. The van der Waals surface area contributed by atoms with Crippen LogP contribution in [0.3, 0.4) is 0 Å². The molecule has 4 rings (SSSR count). The Balaban J connectivity index is 1.50. The number of amides is 2. The number of imide groups is 1. The summed E-state index contributed by atoms with van der Waals surface area (Å²) in [6, 6.07) is 15.5. The first-order valence-electron chi connectivity index (χ1n) is 11.1. The highest BCUT2D eigenvalue weighted by molar-refractivity contribution is 8.18. The van der Waals surface area contributed by atoms with E-state index in [9.17, 15) is 9.59 Å². The van der Waals surface area contributed by atoms with E-state index in [1.165, 1.54) is 4.90 Å². The number of benzene rings is 2. The molecule has 172 valence electrons. The van der Waals surface area contributed by atoms with Crippen molar-refractivity contribution in [3.05, 3.63) is 65.2 Å². The lowest BCUT2D eigenvalue weighted by Crippen LogP contribution is -2.34. The molecule has 7 heteroatoms. The van der Waals surface area contributed by atoms with Gasteiger partial charge in [0.1, 0.15) is 18.1 Å². The van der Waals surface area contributed by atoms with Gasteiger partial charge in [0.2, 0.25) is 0 Å². The predicted molar refractivity (Wildman–Crippen MR) is 133 cm³/mol. The molecule has 33 heavy (non-hydrogen) atoms. The molecule has 1 aromatic heterocycles. The molecule has 3 aromatic rings. The first-order valence-corrected chi connectivity index (χ1v) is 11.9. The number of thioether (sulfide) groups is 1. The normalized spacial score (nSPS) is 15.5. The molecule has 0 unspecified atom stereocenters. The Morgan fingerprint density at radius 3 is 2.33 bits per heavy atom. The van der Waals surface area contributed by atoms with Crippen LogP contribution in [-0.4, -0.2) is 39.4 Å². The number of hydrogen-bond donors (Lipinski definition) is 0. The van der Waals surface area contributed by atoms with Crippen LogP contribution in [0, 0.1) is 0 Å². The van der Waals surface area contributed by atoms with Gasteiger partial charge in [-0.15, -0.1) is 0 Å². The summed E-state index contributed by atoms with van der Waals surface area (Å²) in [6.07, 6.45) is 3.96. The second kappa shape index (κ2) is 9.75. The summed E-state index contributed by atoms with van der Waals surface area (Å²) in [5, 5.41) is 0.812. The quantitative estimate of drug-likeness (QED) is 0.386. The van der Waals surface area contributed by atoms with Crippen LogP contribution in [0.4, 0.5) is 4.79 Å². The Morgan fingerprint density at radius 1 is 0.970 bits per heavy atom. The van der Waals surface area contributed by atoms with Gasteiger partial charge >= 0.3 is 0 Å². The van der Waals surface area contributed by atoms with E-state index in [1.807, 2.05) is 88.5 Å². The zero-order valence-corrected chi connectivity index (χ0v) is 20.1. The van der Waals surface area contributed by atoms with E-state index >= 15 is 0 Å². The molecule has 2 aromatic carbocycles. The van der Waals surface area contributed by atoms with Crippen molar-refractivity contribution in [3.8, 4) is 11.5 Å². The van der Waals surface area contributed by atoms with Crippen molar-refractivity contribution in [2.24, 2.45) is 0 Å². The van der Waals surface area contributed by atoms with Gasteiger partial charge in [-0.05, 0) is 75.9 Å². The van der Waals surface area contributed by atoms with E-state index in [4.69, 9.17) is 9.47 Å². The van der Waals surface area contributed by atoms with Crippen LogP contribution in [0.2, 0.25) is 0 Å². The van der Waals surface area contributed by atoms with Crippen LogP contribution in [0.25, 0.3) is 17.0 Å². The molecule has 6 nitrogen and oxygen atoms in total. The molecular weight excluding hydrogens is 436 g/mol. The maximum atomic E-state index is 12.7. The van der Waals surface area contributed by atoms with Gasteiger partial charge < -0.3 is 14.0 Å². The van der Waals surface area contributed by atoms with Gasteiger partial charge in [-0.3, -0.25) is 14.5 Å². The van der Waals surface area contributed by atoms with Crippen LogP contribution < -0.4 is 9.47 Å². The number of carbonyl (C=O) groups excluding carboxylic acids is 2. The van der Waals surface area contributed by atoms with Crippen LogP contribution in [0.5, 0.6) is 11.5 Å². The Kier molecular flexibility index (Phi) is 6.79. The molecule has 0 atom stereocenters. The third kappa shape index (κ3) is 5.09. The molecule has 2 heterocycles. The van der Waals surface area contributed by atoms with E-state index in [2.05, 4.69) is 4.57 Å². The number of para-hydroxylation sites is 1. The summed E-state index contributed by atoms with van der Waals surface area (Å²) in [4.78, 5) is 26.7. The monoisotopic (exact) mass is 464 g/mol. The van der Waals surface area contributed by atoms with E-state index < -0.39 is 0 Å². The summed E-state index contributed by atoms with van der Waals surface area (Å²) >= 11 is 0.997. The molecule has 0 N–H and O–H groups in total. The molecule has 0 spiro atoms. The van der Waals surface area contributed by atoms with Gasteiger partial charge in [0, 0.05) is 28.7 Å². The minimum absolute atomic E-state index is 0.132. The predicted octanol–water partition coefficient (Wildman–Crippen LogP) is 5.95. The molecule has 2 amide bonds. The third-order valence-corrected chi connectivity index (χ3v) is 6.13. The largest absolute Gasteiger partial charge is 0.492 e. The lowest BCUT2D eigenvalue weighted by atomic mass is 10.1. The highest BCUT2D eigenvalue weighted by Gasteiger charge is 2.36. The number of nitrogens with zero attached hydrogens (tertiary/aromatic N) is 2. The van der Waals surface area contributed by atoms with E-state index in [0.29, 0.717) is 18.1 Å². The number of ether oxygens (including phenoxy) is 2. The Labute approximate surface area is 198 Å². The standard InChI is InChI=1S/C26H28N2O4S/c1-17(2)28-25(29)24(33-26(28)30)15-19-16-27(23-8-6-5-7-22(19)23)13-14-31-20-9-11-21(12-10-20)32-18(3)4/h5-12,15-18H,13-14H2,1-4H3/b24-15-. The summed E-state index contributed by atoms with van der Waals surface area (Å²) in [6.45, 7) is 8.82. The zero-order chi connectivity index (χ0) is 23.5. The van der Waals surface area contributed by atoms with Gasteiger partial charge in [0.15, 0.2) is 0 Å². The first-order chi connectivity index (χ1) is 15.8. The van der Waals surface area contributed by atoms with Crippen molar-refractivity contribution in [3.63, 3.8) is 0 Å². The number of carbonyl (C=O) groups is 2. The van der Waals surface area contributed by atoms with Gasteiger partial charge in [-0.25, -0.2) is 0 Å². The fourth-order valence-corrected chi connectivity index (χ4v) is 4.74. The maximum Gasteiger partial charge on any atom is 0.293 e. The van der Waals surface area contributed by atoms with Crippen LogP contribution >= 0.6 is 11.8 Å². The van der Waals surface area contributed by atoms with E-state index in [1.54, 1.807) is 0 Å². The van der Waals surface area contributed by atoms with Crippen molar-refractivity contribution in [2.45, 2.75) is 46.4 Å². The average molecular weight is 465 g/mol. The molecule has 0 aliphatic carbocycles. The second-order valence-corrected chi connectivity index (χ2v) is 9.42. The summed E-state index contributed by atoms with van der Waals surface area (Å²) in [5.74, 6) is 1.37. The highest BCUT2D eigenvalue weighted by atomic mass is 32.2. The Bertz CT molecular complexity index is 1190. The van der Waals surface area contributed by atoms with Gasteiger partial charge in [-0.1, -0.05) is 18.2 Å². The first kappa shape index (κ1) is 23.0. The Morgan fingerprint density at radius 2 is 1.67 bits per heavy atom. The number of rotatable bonds is 8. The number of hydrogen-bond acceptors (Lipinski definition) is 5. The summed E-state index contributed by atoms with van der Waals surface area (Å²) < 4.78 is 13.7. The van der Waals surface area contributed by atoms with Crippen LogP contribution in [0.1, 0.15) is 33.3 Å². The highest BCUT2D eigenvalue weighted by Crippen LogP contribution is 2.35. The molecule has 1 saturated heterocycles. The summed E-state index contributed by atoms with van der Waals surface area (Å²) in [7, 11) is 0. The van der Waals surface area contributed by atoms with Gasteiger partial charge in [0.05, 0.1) is 17.6 Å². The van der Waals surface area contributed by atoms with Crippen LogP contribution in [0.15, 0.2) is 59.6 Å². The number of fused-ring (bicyclic) bond motifs is 1. The zero-order valence-electron chi connectivity index (χ0n) is 19.3. The molecule has 0 saturated carbocycles. The fraction of sp³-hybridized carbons (Fsp3) is 0.308. The van der Waals surface area contributed by atoms with Crippen molar-refractivity contribution in [2.75, 3.05) is 6.61 Å². The fourth-order valence-electron chi connectivity index (χ4n) is 3.79. The maximum absolute atomic E-state index is 12.7. The van der Waals surface area contributed by atoms with E-state index in [-0.39, 0.29) is 23.3 Å². The molecule has 0 bridgehead atoms. The van der Waals surface area contributed by atoms with Crippen molar-refractivity contribution < 1.29 is 19.1 Å². The van der Waals surface area contributed by atoms with Gasteiger partial charge in [-0.2, -0.15) is 0 Å². The molecular formula is C26H28N2O4S. The average Bonchev–Trinajstić information content (AvgIpc) is 3.26. The minimum atomic E-state index is -0.231. The molecule has 1 aliphatic heterocycles. The lowest BCUT2D eigenvalue weighted by molar-refractivity contribution is -0.123. The minimum Gasteiger partial charge on any atom is -0.492 e. The third-order valence-electron chi connectivity index (χ3n) is 5.24. The van der Waals surface area contributed by atoms with Crippen LogP contribution in [-0.2, 0) is 11.3 Å². The number of aromatic nitrogens is 1. The Hall–Kier alpha value is -3.19. The molecule has 0 radical (unpaired) electrons. The van der Waals surface area contributed by atoms with Crippen molar-refractivity contribution in [1.82, 2.24) is 9.47 Å². The second-order valence-electron chi connectivity index (χ2n) is 8.43. The lowest BCUT2D eigenvalue weighted by Gasteiger charge is -2.16. The topological polar surface area (TPSA) is 60.8 Å². The molecule has 1 aliphatic rings. The SMILES string of the molecule is CC(C)Oc1ccc(OCCn2cc(/C=C3\SC(=O)N(C(C)C)C3=O)c3ccccc32)cc1. The van der Waals surface area contributed by atoms with Crippen molar-refractivity contribution in [1.29, 1.82) is 0 Å². The molecule has 1 fully saturated rings. The van der Waals surface area contributed by atoms with E-state index in [0.717, 1.165) is 39.7 Å².